The Morgan fingerprint density at radius 1 is 1.44 bits per heavy atom. The van der Waals surface area contributed by atoms with Crippen molar-refractivity contribution in [2.45, 2.75) is 12.8 Å². The van der Waals surface area contributed by atoms with Gasteiger partial charge in [-0.05, 0) is 24.6 Å². The second-order valence-electron chi connectivity index (χ2n) is 3.72. The van der Waals surface area contributed by atoms with Crippen LogP contribution in [-0.4, -0.2) is 10.3 Å². The maximum atomic E-state index is 9.06. The molecule has 0 aliphatic heterocycles. The van der Waals surface area contributed by atoms with Gasteiger partial charge in [-0.1, -0.05) is 34.1 Å². The van der Waals surface area contributed by atoms with E-state index in [1.54, 1.807) is 0 Å². The maximum absolute atomic E-state index is 9.06. The highest BCUT2D eigenvalue weighted by Gasteiger charge is 2.14. The van der Waals surface area contributed by atoms with Crippen molar-refractivity contribution >= 4 is 26.8 Å². The molecule has 1 aromatic heterocycles. The Balaban J connectivity index is 2.63. The molecule has 1 unspecified atom stereocenters. The van der Waals surface area contributed by atoms with Gasteiger partial charge in [0.2, 0.25) is 0 Å². The van der Waals surface area contributed by atoms with Crippen LogP contribution in [0.5, 0.6) is 0 Å². The number of benzene rings is 1. The van der Waals surface area contributed by atoms with Gasteiger partial charge in [0.1, 0.15) is 0 Å². The van der Waals surface area contributed by atoms with E-state index in [9.17, 15) is 0 Å². The Morgan fingerprint density at radius 3 is 2.88 bits per heavy atom. The lowest BCUT2D eigenvalue weighted by Crippen LogP contribution is -2.03. The number of hydrogen-bond donors (Lipinski definition) is 0. The summed E-state index contributed by atoms with van der Waals surface area (Å²) >= 11 is 3.35. The summed E-state index contributed by atoms with van der Waals surface area (Å²) in [5, 5.41) is 10.8. The monoisotopic (exact) mass is 274 g/mol. The molecule has 1 atom stereocenters. The molecule has 1 aromatic carbocycles. The first kappa shape index (κ1) is 11.1. The molecule has 2 rings (SSSR count). The predicted octanol–water partition coefficient (Wildman–Crippen LogP) is 3.55. The number of nitrogens with zero attached hydrogens (tertiary/aromatic N) is 2. The highest BCUT2D eigenvalue weighted by atomic mass is 79.9. The predicted molar refractivity (Wildman–Crippen MR) is 68.6 cm³/mol. The van der Waals surface area contributed by atoms with Crippen LogP contribution in [0.15, 0.2) is 30.3 Å². The number of para-hydroxylation sites is 1. The summed E-state index contributed by atoms with van der Waals surface area (Å²) in [6.07, 6.45) is 0. The fraction of sp³-hybridized carbons (Fsp3) is 0.231. The molecule has 16 heavy (non-hydrogen) atoms. The lowest BCUT2D eigenvalue weighted by atomic mass is 10.0. The molecule has 0 saturated carbocycles. The number of hydrogen-bond acceptors (Lipinski definition) is 2. The second kappa shape index (κ2) is 4.63. The highest BCUT2D eigenvalue weighted by Crippen LogP contribution is 2.23. The molecule has 0 fully saturated rings. The molecular formula is C13H11BrN2. The first-order chi connectivity index (χ1) is 7.76. The van der Waals surface area contributed by atoms with Gasteiger partial charge in [-0.2, -0.15) is 5.26 Å². The summed E-state index contributed by atoms with van der Waals surface area (Å²) in [5.74, 6) is -0.176. The standard InChI is InChI=1S/C13H11BrN2/c1-9-6-10-4-2-3-5-12(10)16-13(9)11(7-14)8-15/h2-6,11H,7H2,1H3. The number of pyridine rings is 1. The van der Waals surface area contributed by atoms with Gasteiger partial charge in [0.05, 0.1) is 23.2 Å². The van der Waals surface area contributed by atoms with Gasteiger partial charge in [0, 0.05) is 10.7 Å². The van der Waals surface area contributed by atoms with Gasteiger partial charge in [-0.15, -0.1) is 0 Å². The molecule has 80 valence electrons. The normalized spacial score (nSPS) is 12.3. The molecule has 1 heterocycles. The third kappa shape index (κ3) is 1.94. The molecule has 0 spiro atoms. The van der Waals surface area contributed by atoms with E-state index in [0.717, 1.165) is 22.2 Å². The molecule has 2 nitrogen and oxygen atoms in total. The summed E-state index contributed by atoms with van der Waals surface area (Å²) in [6.45, 7) is 2.00. The van der Waals surface area contributed by atoms with Gasteiger partial charge < -0.3 is 0 Å². The minimum absolute atomic E-state index is 0.176. The van der Waals surface area contributed by atoms with E-state index < -0.39 is 0 Å². The van der Waals surface area contributed by atoms with Crippen molar-refractivity contribution in [1.82, 2.24) is 4.98 Å². The first-order valence-corrected chi connectivity index (χ1v) is 6.20. The Bertz CT molecular complexity index is 557. The number of halogens is 1. The highest BCUT2D eigenvalue weighted by molar-refractivity contribution is 9.09. The molecule has 0 bridgehead atoms. The lowest BCUT2D eigenvalue weighted by Gasteiger charge is -2.09. The molecule has 0 saturated heterocycles. The van der Waals surface area contributed by atoms with E-state index >= 15 is 0 Å². The molecule has 0 N–H and O–H groups in total. The van der Waals surface area contributed by atoms with Crippen LogP contribution >= 0.6 is 15.9 Å². The average molecular weight is 275 g/mol. The largest absolute Gasteiger partial charge is 0.251 e. The molecule has 3 heteroatoms. The minimum Gasteiger partial charge on any atom is -0.251 e. The zero-order valence-corrected chi connectivity index (χ0v) is 10.5. The molecule has 0 radical (unpaired) electrons. The summed E-state index contributed by atoms with van der Waals surface area (Å²) in [5.41, 5.74) is 2.90. The number of aromatic nitrogens is 1. The second-order valence-corrected chi connectivity index (χ2v) is 4.37. The molecule has 0 aliphatic rings. The van der Waals surface area contributed by atoms with Crippen LogP contribution in [0.4, 0.5) is 0 Å². The number of aryl methyl sites for hydroxylation is 1. The van der Waals surface area contributed by atoms with Crippen molar-refractivity contribution < 1.29 is 0 Å². The van der Waals surface area contributed by atoms with Crippen LogP contribution in [0.1, 0.15) is 17.2 Å². The van der Waals surface area contributed by atoms with Crippen molar-refractivity contribution in [3.8, 4) is 6.07 Å². The molecular weight excluding hydrogens is 264 g/mol. The topological polar surface area (TPSA) is 36.7 Å². The average Bonchev–Trinajstić information content (AvgIpc) is 2.31. The van der Waals surface area contributed by atoms with Crippen molar-refractivity contribution in [2.24, 2.45) is 0 Å². The van der Waals surface area contributed by atoms with Gasteiger partial charge in [0.15, 0.2) is 0 Å². The lowest BCUT2D eigenvalue weighted by molar-refractivity contribution is 0.933. The van der Waals surface area contributed by atoms with Crippen LogP contribution in [0.25, 0.3) is 10.9 Å². The third-order valence-corrected chi connectivity index (χ3v) is 3.24. The summed E-state index contributed by atoms with van der Waals surface area (Å²) in [6, 6.07) is 12.3. The van der Waals surface area contributed by atoms with E-state index in [1.165, 1.54) is 0 Å². The van der Waals surface area contributed by atoms with E-state index in [-0.39, 0.29) is 5.92 Å². The van der Waals surface area contributed by atoms with Crippen LogP contribution in [0, 0.1) is 18.3 Å². The van der Waals surface area contributed by atoms with Gasteiger partial charge >= 0.3 is 0 Å². The minimum atomic E-state index is -0.176. The van der Waals surface area contributed by atoms with Crippen molar-refractivity contribution in [3.63, 3.8) is 0 Å². The van der Waals surface area contributed by atoms with Crippen molar-refractivity contribution in [3.05, 3.63) is 41.6 Å². The first-order valence-electron chi connectivity index (χ1n) is 5.08. The van der Waals surface area contributed by atoms with E-state index in [4.69, 9.17) is 5.26 Å². The fourth-order valence-corrected chi connectivity index (χ4v) is 2.21. The van der Waals surface area contributed by atoms with Crippen molar-refractivity contribution in [2.75, 3.05) is 5.33 Å². The van der Waals surface area contributed by atoms with Crippen molar-refractivity contribution in [1.29, 1.82) is 5.26 Å². The van der Waals surface area contributed by atoms with E-state index in [2.05, 4.69) is 33.0 Å². The van der Waals surface area contributed by atoms with Crippen LogP contribution in [-0.2, 0) is 0 Å². The van der Waals surface area contributed by atoms with Gasteiger partial charge in [-0.25, -0.2) is 0 Å². The summed E-state index contributed by atoms with van der Waals surface area (Å²) in [7, 11) is 0. The Labute approximate surface area is 103 Å². The summed E-state index contributed by atoms with van der Waals surface area (Å²) < 4.78 is 0. The Morgan fingerprint density at radius 2 is 2.19 bits per heavy atom. The van der Waals surface area contributed by atoms with Crippen LogP contribution in [0.2, 0.25) is 0 Å². The quantitative estimate of drug-likeness (QED) is 0.786. The third-order valence-electron chi connectivity index (χ3n) is 2.59. The van der Waals surface area contributed by atoms with Gasteiger partial charge in [0.25, 0.3) is 0 Å². The Kier molecular flexibility index (Phi) is 3.21. The number of alkyl halides is 1. The molecule has 0 aliphatic carbocycles. The fourth-order valence-electron chi connectivity index (χ4n) is 1.76. The van der Waals surface area contributed by atoms with Gasteiger partial charge in [-0.3, -0.25) is 4.98 Å². The van der Waals surface area contributed by atoms with E-state index in [0.29, 0.717) is 5.33 Å². The van der Waals surface area contributed by atoms with E-state index in [1.807, 2.05) is 31.2 Å². The zero-order chi connectivity index (χ0) is 11.5. The zero-order valence-electron chi connectivity index (χ0n) is 8.94. The number of fused-ring (bicyclic) bond motifs is 1. The maximum Gasteiger partial charge on any atom is 0.0984 e. The Hall–Kier alpha value is -1.40. The summed E-state index contributed by atoms with van der Waals surface area (Å²) in [4.78, 5) is 4.56. The smallest absolute Gasteiger partial charge is 0.0984 e. The molecule has 2 aromatic rings. The number of rotatable bonds is 2. The number of nitriles is 1. The SMILES string of the molecule is Cc1cc2ccccc2nc1C(C#N)CBr. The van der Waals surface area contributed by atoms with Crippen LogP contribution in [0.3, 0.4) is 0 Å². The molecule has 0 amide bonds. The van der Waals surface area contributed by atoms with Crippen LogP contribution < -0.4 is 0 Å².